The molecule has 25 heavy (non-hydrogen) atoms. The van der Waals surface area contributed by atoms with E-state index in [1.54, 1.807) is 0 Å². The summed E-state index contributed by atoms with van der Waals surface area (Å²) in [5.74, 6) is 1.40. The van der Waals surface area contributed by atoms with Gasteiger partial charge in [-0.3, -0.25) is 4.79 Å². The molecule has 1 aromatic rings. The lowest BCUT2D eigenvalue weighted by molar-refractivity contribution is -0.147. The van der Waals surface area contributed by atoms with Gasteiger partial charge in [0.05, 0.1) is 6.10 Å². The van der Waals surface area contributed by atoms with E-state index in [2.05, 4.69) is 12.2 Å². The van der Waals surface area contributed by atoms with Gasteiger partial charge in [0, 0.05) is 12.3 Å². The maximum absolute atomic E-state index is 12.9. The molecule has 2 aliphatic rings. The second kappa shape index (κ2) is 8.22. The summed E-state index contributed by atoms with van der Waals surface area (Å²) >= 11 is 0. The van der Waals surface area contributed by atoms with Crippen LogP contribution in [0.2, 0.25) is 0 Å². The molecule has 0 spiro atoms. The number of anilines is 1. The number of carbonyl (C=O) groups is 1. The average molecular weight is 345 g/mol. The smallest absolute Gasteiger partial charge is 0.256 e. The van der Waals surface area contributed by atoms with E-state index in [1.165, 1.54) is 19.3 Å². The molecule has 4 heteroatoms. The van der Waals surface area contributed by atoms with Crippen LogP contribution in [0.15, 0.2) is 24.3 Å². The molecule has 1 N–H and O–H groups in total. The van der Waals surface area contributed by atoms with Crippen LogP contribution in [0.3, 0.4) is 0 Å². The number of amides is 1. The van der Waals surface area contributed by atoms with E-state index in [1.807, 2.05) is 31.2 Å². The highest BCUT2D eigenvalue weighted by molar-refractivity contribution is 5.97. The SMILES string of the molecule is CCO[C@]1(C(=O)Nc2ccc(OC3CCCC3)cc2)CCC[C@@H](C)C1. The molecule has 2 saturated carbocycles. The normalized spacial score (nSPS) is 27.2. The van der Waals surface area contributed by atoms with Gasteiger partial charge in [-0.1, -0.05) is 13.3 Å². The number of hydrogen-bond donors (Lipinski definition) is 1. The molecule has 2 fully saturated rings. The summed E-state index contributed by atoms with van der Waals surface area (Å²) in [5, 5.41) is 3.06. The fraction of sp³-hybridized carbons (Fsp3) is 0.667. The van der Waals surface area contributed by atoms with Crippen LogP contribution in [-0.2, 0) is 9.53 Å². The first-order valence-electron chi connectivity index (χ1n) is 9.83. The topological polar surface area (TPSA) is 47.6 Å². The Labute approximate surface area is 151 Å². The van der Waals surface area contributed by atoms with Gasteiger partial charge in [-0.25, -0.2) is 0 Å². The summed E-state index contributed by atoms with van der Waals surface area (Å²) in [6, 6.07) is 7.75. The second-order valence-electron chi connectivity index (χ2n) is 7.63. The molecule has 0 bridgehead atoms. The van der Waals surface area contributed by atoms with Crippen LogP contribution >= 0.6 is 0 Å². The Hall–Kier alpha value is -1.55. The van der Waals surface area contributed by atoms with Gasteiger partial charge in [0.2, 0.25) is 0 Å². The van der Waals surface area contributed by atoms with Crippen molar-refractivity contribution in [3.8, 4) is 5.75 Å². The quantitative estimate of drug-likeness (QED) is 0.795. The summed E-state index contributed by atoms with van der Waals surface area (Å²) in [4.78, 5) is 12.9. The Morgan fingerprint density at radius 3 is 2.52 bits per heavy atom. The molecular formula is C21H31NO3. The monoisotopic (exact) mass is 345 g/mol. The van der Waals surface area contributed by atoms with E-state index in [0.29, 0.717) is 18.6 Å². The van der Waals surface area contributed by atoms with Gasteiger partial charge in [0.25, 0.3) is 5.91 Å². The molecule has 4 nitrogen and oxygen atoms in total. The minimum absolute atomic E-state index is 0.00892. The van der Waals surface area contributed by atoms with Crippen molar-refractivity contribution in [2.24, 2.45) is 5.92 Å². The van der Waals surface area contributed by atoms with Crippen molar-refractivity contribution in [3.63, 3.8) is 0 Å². The predicted molar refractivity (Wildman–Crippen MR) is 99.9 cm³/mol. The molecule has 1 aromatic carbocycles. The zero-order valence-electron chi connectivity index (χ0n) is 15.6. The van der Waals surface area contributed by atoms with Crippen molar-refractivity contribution >= 4 is 11.6 Å². The van der Waals surface area contributed by atoms with Gasteiger partial charge >= 0.3 is 0 Å². The van der Waals surface area contributed by atoms with Crippen LogP contribution in [0.5, 0.6) is 5.75 Å². The summed E-state index contributed by atoms with van der Waals surface area (Å²) in [6.45, 7) is 4.73. The Morgan fingerprint density at radius 1 is 1.16 bits per heavy atom. The van der Waals surface area contributed by atoms with Gasteiger partial charge in [0.1, 0.15) is 11.4 Å². The van der Waals surface area contributed by atoms with Crippen LogP contribution < -0.4 is 10.1 Å². The standard InChI is InChI=1S/C21H31NO3/c1-3-24-21(14-6-7-16(2)15-21)20(23)22-17-10-12-19(13-11-17)25-18-8-4-5-9-18/h10-13,16,18H,3-9,14-15H2,1-2H3,(H,22,23)/t16-,21-/m1/s1. The minimum Gasteiger partial charge on any atom is -0.490 e. The highest BCUT2D eigenvalue weighted by Gasteiger charge is 2.42. The van der Waals surface area contributed by atoms with E-state index >= 15 is 0 Å². The van der Waals surface area contributed by atoms with E-state index in [9.17, 15) is 4.79 Å². The summed E-state index contributed by atoms with van der Waals surface area (Å²) in [6.07, 6.45) is 8.99. The molecule has 3 rings (SSSR count). The maximum atomic E-state index is 12.9. The fourth-order valence-electron chi connectivity index (χ4n) is 4.24. The van der Waals surface area contributed by atoms with Crippen molar-refractivity contribution in [2.45, 2.75) is 76.9 Å². The zero-order chi connectivity index (χ0) is 17.7. The fourth-order valence-corrected chi connectivity index (χ4v) is 4.24. The van der Waals surface area contributed by atoms with Crippen LogP contribution in [0.4, 0.5) is 5.69 Å². The third kappa shape index (κ3) is 4.55. The highest BCUT2D eigenvalue weighted by Crippen LogP contribution is 2.36. The number of hydrogen-bond acceptors (Lipinski definition) is 3. The lowest BCUT2D eigenvalue weighted by Gasteiger charge is -2.38. The van der Waals surface area contributed by atoms with Crippen molar-refractivity contribution < 1.29 is 14.3 Å². The molecule has 0 radical (unpaired) electrons. The second-order valence-corrected chi connectivity index (χ2v) is 7.63. The molecule has 2 atom stereocenters. The number of rotatable bonds is 6. The van der Waals surface area contributed by atoms with Crippen LogP contribution in [0.25, 0.3) is 0 Å². The van der Waals surface area contributed by atoms with Crippen molar-refractivity contribution in [3.05, 3.63) is 24.3 Å². The minimum atomic E-state index is -0.675. The van der Waals surface area contributed by atoms with Crippen LogP contribution in [-0.4, -0.2) is 24.2 Å². The van der Waals surface area contributed by atoms with Gasteiger partial charge in [-0.15, -0.1) is 0 Å². The first-order chi connectivity index (χ1) is 12.1. The lowest BCUT2D eigenvalue weighted by atomic mass is 9.78. The molecule has 0 saturated heterocycles. The Kier molecular flexibility index (Phi) is 6.00. The van der Waals surface area contributed by atoms with Gasteiger partial charge in [-0.2, -0.15) is 0 Å². The Balaban J connectivity index is 1.62. The third-order valence-corrected chi connectivity index (χ3v) is 5.51. The van der Waals surface area contributed by atoms with E-state index in [0.717, 1.165) is 43.5 Å². The van der Waals surface area contributed by atoms with E-state index < -0.39 is 5.60 Å². The molecule has 138 valence electrons. The number of nitrogens with one attached hydrogen (secondary N) is 1. The summed E-state index contributed by atoms with van der Waals surface area (Å²) in [5.41, 5.74) is 0.131. The molecule has 0 heterocycles. The highest BCUT2D eigenvalue weighted by atomic mass is 16.5. The van der Waals surface area contributed by atoms with Crippen molar-refractivity contribution in [2.75, 3.05) is 11.9 Å². The summed E-state index contributed by atoms with van der Waals surface area (Å²) < 4.78 is 11.9. The largest absolute Gasteiger partial charge is 0.490 e. The molecular weight excluding hydrogens is 314 g/mol. The average Bonchev–Trinajstić information content (AvgIpc) is 3.10. The van der Waals surface area contributed by atoms with E-state index in [4.69, 9.17) is 9.47 Å². The number of carbonyl (C=O) groups excluding carboxylic acids is 1. The van der Waals surface area contributed by atoms with Crippen LogP contribution in [0.1, 0.15) is 65.2 Å². The number of ether oxygens (including phenoxy) is 2. The predicted octanol–water partition coefficient (Wildman–Crippen LogP) is 4.93. The van der Waals surface area contributed by atoms with Crippen molar-refractivity contribution in [1.29, 1.82) is 0 Å². The zero-order valence-corrected chi connectivity index (χ0v) is 15.6. The molecule has 1 amide bonds. The van der Waals surface area contributed by atoms with Gasteiger partial charge in [0.15, 0.2) is 0 Å². The maximum Gasteiger partial charge on any atom is 0.256 e. The number of benzene rings is 1. The summed E-state index contributed by atoms with van der Waals surface area (Å²) in [7, 11) is 0. The molecule has 0 unspecified atom stereocenters. The Morgan fingerprint density at radius 2 is 1.88 bits per heavy atom. The Bertz CT molecular complexity index is 561. The van der Waals surface area contributed by atoms with Crippen LogP contribution in [0, 0.1) is 5.92 Å². The third-order valence-electron chi connectivity index (χ3n) is 5.51. The first kappa shape index (κ1) is 18.2. The van der Waals surface area contributed by atoms with Gasteiger partial charge < -0.3 is 14.8 Å². The molecule has 0 aromatic heterocycles. The lowest BCUT2D eigenvalue weighted by Crippen LogP contribution is -2.48. The first-order valence-corrected chi connectivity index (χ1v) is 9.83. The molecule has 0 aliphatic heterocycles. The van der Waals surface area contributed by atoms with Gasteiger partial charge in [-0.05, 0) is 82.1 Å². The van der Waals surface area contributed by atoms with E-state index in [-0.39, 0.29) is 5.91 Å². The van der Waals surface area contributed by atoms with Crippen molar-refractivity contribution in [1.82, 2.24) is 0 Å². The molecule has 2 aliphatic carbocycles.